The highest BCUT2D eigenvalue weighted by Crippen LogP contribution is 2.28. The summed E-state index contributed by atoms with van der Waals surface area (Å²) in [5.74, 6) is -2.06. The summed E-state index contributed by atoms with van der Waals surface area (Å²) in [5, 5.41) is 2.92. The minimum atomic E-state index is -0.912. The summed E-state index contributed by atoms with van der Waals surface area (Å²) in [6.45, 7) is 5.63. The summed E-state index contributed by atoms with van der Waals surface area (Å²) in [5.41, 5.74) is 2.18. The van der Waals surface area contributed by atoms with E-state index in [1.54, 1.807) is 0 Å². The van der Waals surface area contributed by atoms with Crippen molar-refractivity contribution in [3.63, 3.8) is 0 Å². The molecule has 0 radical (unpaired) electrons. The maximum absolute atomic E-state index is 12.6. The molecule has 5 amide bonds. The molecular formula is C22H29N3O4. The Balaban J connectivity index is 1.68. The van der Waals surface area contributed by atoms with Crippen LogP contribution in [-0.2, 0) is 20.8 Å². The van der Waals surface area contributed by atoms with Crippen LogP contribution in [0.3, 0.4) is 0 Å². The number of amides is 5. The molecule has 1 atom stereocenters. The Hall–Kier alpha value is -2.70. The van der Waals surface area contributed by atoms with Gasteiger partial charge in [-0.25, -0.2) is 9.69 Å². The largest absolute Gasteiger partial charge is 0.347 e. The standard InChI is InChI=1S/C22H29N3O4/c1-4-15-9-11-16(12-10-15)19(14(2)3)23-18(26)13-24-20(27)21(28)25(22(24)29)17-7-5-6-8-17/h9-12,14,17,19H,4-8,13H2,1-3H3,(H,23,26)/t19-/m0/s1. The van der Waals surface area contributed by atoms with Crippen molar-refractivity contribution < 1.29 is 19.2 Å². The third-order valence-electron chi connectivity index (χ3n) is 5.81. The van der Waals surface area contributed by atoms with Crippen LogP contribution in [-0.4, -0.2) is 46.1 Å². The smallest absolute Gasteiger partial charge is 0.334 e. The first-order valence-electron chi connectivity index (χ1n) is 10.4. The van der Waals surface area contributed by atoms with E-state index in [2.05, 4.69) is 12.2 Å². The first kappa shape index (κ1) is 21.0. The molecule has 29 heavy (non-hydrogen) atoms. The third kappa shape index (κ3) is 4.33. The number of urea groups is 1. The molecule has 1 aromatic rings. The zero-order chi connectivity index (χ0) is 21.1. The predicted molar refractivity (Wildman–Crippen MR) is 108 cm³/mol. The highest BCUT2D eigenvalue weighted by atomic mass is 16.2. The lowest BCUT2D eigenvalue weighted by atomic mass is 9.95. The highest BCUT2D eigenvalue weighted by Gasteiger charge is 2.48. The lowest BCUT2D eigenvalue weighted by Crippen LogP contribution is -2.44. The summed E-state index contributed by atoms with van der Waals surface area (Å²) in [6, 6.07) is 6.89. The maximum atomic E-state index is 12.6. The molecule has 7 heteroatoms. The Kier molecular flexibility index (Phi) is 6.35. The van der Waals surface area contributed by atoms with Crippen molar-refractivity contribution in [3.8, 4) is 0 Å². The SMILES string of the molecule is CCc1ccc([C@@H](NC(=O)CN2C(=O)C(=O)N(C3CCCC3)C2=O)C(C)C)cc1. The molecule has 156 valence electrons. The van der Waals surface area contributed by atoms with Crippen molar-refractivity contribution in [2.24, 2.45) is 5.92 Å². The summed E-state index contributed by atoms with van der Waals surface area (Å²) in [7, 11) is 0. The van der Waals surface area contributed by atoms with Crippen LogP contribution in [0.15, 0.2) is 24.3 Å². The van der Waals surface area contributed by atoms with Crippen molar-refractivity contribution in [1.29, 1.82) is 0 Å². The van der Waals surface area contributed by atoms with E-state index in [0.717, 1.165) is 34.6 Å². The first-order chi connectivity index (χ1) is 13.8. The Morgan fingerprint density at radius 3 is 2.24 bits per heavy atom. The second kappa shape index (κ2) is 8.76. The summed E-state index contributed by atoms with van der Waals surface area (Å²) in [6.07, 6.45) is 4.23. The molecule has 1 heterocycles. The van der Waals surface area contributed by atoms with E-state index in [1.807, 2.05) is 38.1 Å². The van der Waals surface area contributed by atoms with E-state index < -0.39 is 30.3 Å². The minimum Gasteiger partial charge on any atom is -0.347 e. The minimum absolute atomic E-state index is 0.119. The lowest BCUT2D eigenvalue weighted by molar-refractivity contribution is -0.144. The van der Waals surface area contributed by atoms with Gasteiger partial charge in [-0.3, -0.25) is 19.3 Å². The highest BCUT2D eigenvalue weighted by molar-refractivity contribution is 6.45. The van der Waals surface area contributed by atoms with Gasteiger partial charge in [0.15, 0.2) is 0 Å². The molecular weight excluding hydrogens is 370 g/mol. The monoisotopic (exact) mass is 399 g/mol. The number of imide groups is 2. The number of rotatable bonds is 7. The molecule has 1 saturated heterocycles. The van der Waals surface area contributed by atoms with E-state index >= 15 is 0 Å². The number of carbonyl (C=O) groups excluding carboxylic acids is 4. The van der Waals surface area contributed by atoms with Crippen LogP contribution in [0.4, 0.5) is 4.79 Å². The number of benzene rings is 1. The van der Waals surface area contributed by atoms with Crippen LogP contribution in [0.1, 0.15) is 63.6 Å². The average molecular weight is 399 g/mol. The molecule has 1 saturated carbocycles. The molecule has 2 aliphatic rings. The number of hydrogen-bond acceptors (Lipinski definition) is 4. The van der Waals surface area contributed by atoms with Gasteiger partial charge < -0.3 is 5.32 Å². The maximum Gasteiger partial charge on any atom is 0.334 e. The molecule has 0 unspecified atom stereocenters. The fourth-order valence-electron chi connectivity index (χ4n) is 4.10. The van der Waals surface area contributed by atoms with E-state index in [-0.39, 0.29) is 18.0 Å². The Bertz CT molecular complexity index is 797. The van der Waals surface area contributed by atoms with Crippen molar-refractivity contribution >= 4 is 23.8 Å². The topological polar surface area (TPSA) is 86.8 Å². The van der Waals surface area contributed by atoms with Gasteiger partial charge >= 0.3 is 17.8 Å². The molecule has 0 spiro atoms. The molecule has 1 aliphatic heterocycles. The Morgan fingerprint density at radius 1 is 1.07 bits per heavy atom. The zero-order valence-electron chi connectivity index (χ0n) is 17.3. The Labute approximate surface area is 171 Å². The Morgan fingerprint density at radius 2 is 1.69 bits per heavy atom. The van der Waals surface area contributed by atoms with Crippen LogP contribution in [0.2, 0.25) is 0 Å². The lowest BCUT2D eigenvalue weighted by Gasteiger charge is -2.25. The van der Waals surface area contributed by atoms with Crippen LogP contribution in [0.5, 0.6) is 0 Å². The first-order valence-corrected chi connectivity index (χ1v) is 10.4. The van der Waals surface area contributed by atoms with Crippen molar-refractivity contribution in [2.75, 3.05) is 6.54 Å². The number of carbonyl (C=O) groups is 4. The number of nitrogens with zero attached hydrogens (tertiary/aromatic N) is 2. The van der Waals surface area contributed by atoms with Gasteiger partial charge in [0.1, 0.15) is 6.54 Å². The molecule has 0 aromatic heterocycles. The van der Waals surface area contributed by atoms with Crippen LogP contribution < -0.4 is 5.32 Å². The van der Waals surface area contributed by atoms with Gasteiger partial charge in [0.25, 0.3) is 0 Å². The van der Waals surface area contributed by atoms with E-state index in [4.69, 9.17) is 0 Å². The van der Waals surface area contributed by atoms with E-state index in [1.165, 1.54) is 5.56 Å². The van der Waals surface area contributed by atoms with Gasteiger partial charge in [0.2, 0.25) is 5.91 Å². The van der Waals surface area contributed by atoms with Gasteiger partial charge in [-0.15, -0.1) is 0 Å². The van der Waals surface area contributed by atoms with E-state index in [0.29, 0.717) is 12.8 Å². The summed E-state index contributed by atoms with van der Waals surface area (Å²) in [4.78, 5) is 51.7. The van der Waals surface area contributed by atoms with Crippen LogP contribution >= 0.6 is 0 Å². The number of hydrogen-bond donors (Lipinski definition) is 1. The zero-order valence-corrected chi connectivity index (χ0v) is 17.3. The second-order valence-electron chi connectivity index (χ2n) is 8.17. The van der Waals surface area contributed by atoms with Crippen LogP contribution in [0.25, 0.3) is 0 Å². The van der Waals surface area contributed by atoms with Gasteiger partial charge in [-0.2, -0.15) is 0 Å². The summed E-state index contributed by atoms with van der Waals surface area (Å²) < 4.78 is 0. The van der Waals surface area contributed by atoms with E-state index in [9.17, 15) is 19.2 Å². The molecule has 1 aromatic carbocycles. The third-order valence-corrected chi connectivity index (χ3v) is 5.81. The quantitative estimate of drug-likeness (QED) is 0.564. The molecule has 2 fully saturated rings. The van der Waals surface area contributed by atoms with Crippen molar-refractivity contribution in [2.45, 2.75) is 65.0 Å². The second-order valence-corrected chi connectivity index (χ2v) is 8.17. The van der Waals surface area contributed by atoms with Gasteiger partial charge in [0, 0.05) is 6.04 Å². The molecule has 1 N–H and O–H groups in total. The molecule has 3 rings (SSSR count). The predicted octanol–water partition coefficient (Wildman–Crippen LogP) is 2.80. The number of nitrogens with one attached hydrogen (secondary N) is 1. The average Bonchev–Trinajstić information content (AvgIpc) is 3.29. The van der Waals surface area contributed by atoms with Gasteiger partial charge in [-0.1, -0.05) is 57.9 Å². The van der Waals surface area contributed by atoms with Crippen molar-refractivity contribution in [1.82, 2.24) is 15.1 Å². The summed E-state index contributed by atoms with van der Waals surface area (Å²) >= 11 is 0. The van der Waals surface area contributed by atoms with Gasteiger partial charge in [0.05, 0.1) is 6.04 Å². The normalized spacial score (nSPS) is 18.8. The fourth-order valence-corrected chi connectivity index (χ4v) is 4.10. The number of aryl methyl sites for hydroxylation is 1. The van der Waals surface area contributed by atoms with Gasteiger partial charge in [-0.05, 0) is 36.3 Å². The fraction of sp³-hybridized carbons (Fsp3) is 0.545. The molecule has 0 bridgehead atoms. The van der Waals surface area contributed by atoms with Crippen molar-refractivity contribution in [3.05, 3.63) is 35.4 Å². The molecule has 1 aliphatic carbocycles. The molecule has 7 nitrogen and oxygen atoms in total. The van der Waals surface area contributed by atoms with Crippen LogP contribution in [0, 0.1) is 5.92 Å².